The van der Waals surface area contributed by atoms with Crippen molar-refractivity contribution in [2.45, 2.75) is 33.1 Å². The van der Waals surface area contributed by atoms with Crippen LogP contribution in [0.2, 0.25) is 0 Å². The Hall–Kier alpha value is -1.38. The van der Waals surface area contributed by atoms with E-state index >= 15 is 0 Å². The molecule has 2 rings (SSSR count). The van der Waals surface area contributed by atoms with E-state index < -0.39 is 0 Å². The summed E-state index contributed by atoms with van der Waals surface area (Å²) in [6.07, 6.45) is 6.36. The van der Waals surface area contributed by atoms with Crippen LogP contribution in [0, 0.1) is 12.8 Å². The van der Waals surface area contributed by atoms with Crippen molar-refractivity contribution in [2.75, 3.05) is 18.0 Å². The lowest BCUT2D eigenvalue weighted by atomic mass is 10.2. The molecule has 0 aliphatic heterocycles. The maximum atomic E-state index is 10.7. The van der Waals surface area contributed by atoms with Crippen LogP contribution in [0.4, 0.5) is 5.82 Å². The lowest BCUT2D eigenvalue weighted by Gasteiger charge is -2.24. The predicted molar refractivity (Wildman–Crippen MR) is 69.6 cm³/mol. The number of hydrogen-bond acceptors (Lipinski definition) is 3. The second-order valence-electron chi connectivity index (χ2n) is 4.92. The highest BCUT2D eigenvalue weighted by Crippen LogP contribution is 2.31. The van der Waals surface area contributed by atoms with Gasteiger partial charge in [-0.15, -0.1) is 0 Å². The van der Waals surface area contributed by atoms with Gasteiger partial charge in [-0.2, -0.15) is 0 Å². The fraction of sp³-hybridized carbons (Fsp3) is 0.571. The zero-order chi connectivity index (χ0) is 12.3. The molecule has 1 heterocycles. The molecule has 0 saturated heterocycles. The van der Waals surface area contributed by atoms with Crippen LogP contribution < -0.4 is 4.90 Å². The molecule has 1 saturated carbocycles. The van der Waals surface area contributed by atoms with Crippen molar-refractivity contribution in [3.63, 3.8) is 0 Å². The van der Waals surface area contributed by atoms with E-state index in [9.17, 15) is 4.79 Å². The summed E-state index contributed by atoms with van der Waals surface area (Å²) in [5.41, 5.74) is 1.76. The van der Waals surface area contributed by atoms with Gasteiger partial charge in [0.1, 0.15) is 5.82 Å². The molecular formula is C14H20N2O. The average Bonchev–Trinajstić information content (AvgIpc) is 3.12. The van der Waals surface area contributed by atoms with Crippen molar-refractivity contribution < 1.29 is 4.79 Å². The van der Waals surface area contributed by atoms with Gasteiger partial charge < -0.3 is 4.90 Å². The second-order valence-corrected chi connectivity index (χ2v) is 4.92. The highest BCUT2D eigenvalue weighted by atomic mass is 16.1. The molecule has 0 N–H and O–H groups in total. The number of aldehydes is 1. The SMILES string of the molecule is CCCN(CC1CC1)c1ncc(C=O)cc1C. The number of hydrogen-bond donors (Lipinski definition) is 0. The van der Waals surface area contributed by atoms with Crippen molar-refractivity contribution >= 4 is 12.1 Å². The molecule has 0 bridgehead atoms. The fourth-order valence-corrected chi connectivity index (χ4v) is 2.15. The maximum absolute atomic E-state index is 10.7. The van der Waals surface area contributed by atoms with Gasteiger partial charge in [0.05, 0.1) is 0 Å². The van der Waals surface area contributed by atoms with Crippen molar-refractivity contribution in [2.24, 2.45) is 5.92 Å². The van der Waals surface area contributed by atoms with Gasteiger partial charge in [-0.25, -0.2) is 4.98 Å². The molecule has 1 aliphatic rings. The minimum Gasteiger partial charge on any atom is -0.356 e. The van der Waals surface area contributed by atoms with Gasteiger partial charge in [0.25, 0.3) is 0 Å². The molecular weight excluding hydrogens is 212 g/mol. The quantitative estimate of drug-likeness (QED) is 0.707. The molecule has 17 heavy (non-hydrogen) atoms. The zero-order valence-corrected chi connectivity index (χ0v) is 10.6. The Morgan fingerprint density at radius 1 is 1.53 bits per heavy atom. The first-order valence-corrected chi connectivity index (χ1v) is 6.41. The average molecular weight is 232 g/mol. The monoisotopic (exact) mass is 232 g/mol. The van der Waals surface area contributed by atoms with Crippen LogP contribution in [-0.4, -0.2) is 24.4 Å². The van der Waals surface area contributed by atoms with Crippen molar-refractivity contribution in [1.29, 1.82) is 0 Å². The van der Waals surface area contributed by atoms with E-state index in [1.807, 2.05) is 13.0 Å². The molecule has 0 radical (unpaired) electrons. The summed E-state index contributed by atoms with van der Waals surface area (Å²) in [6.45, 7) is 6.38. The lowest BCUT2D eigenvalue weighted by molar-refractivity contribution is 0.112. The van der Waals surface area contributed by atoms with E-state index in [0.717, 1.165) is 43.1 Å². The Kier molecular flexibility index (Phi) is 3.77. The van der Waals surface area contributed by atoms with Crippen LogP contribution in [0.25, 0.3) is 0 Å². The lowest BCUT2D eigenvalue weighted by Crippen LogP contribution is -2.28. The first-order chi connectivity index (χ1) is 8.24. The largest absolute Gasteiger partial charge is 0.356 e. The smallest absolute Gasteiger partial charge is 0.151 e. The van der Waals surface area contributed by atoms with E-state index in [2.05, 4.69) is 16.8 Å². The van der Waals surface area contributed by atoms with Gasteiger partial charge >= 0.3 is 0 Å². The Balaban J connectivity index is 2.18. The van der Waals surface area contributed by atoms with Gasteiger partial charge in [0.15, 0.2) is 6.29 Å². The predicted octanol–water partition coefficient (Wildman–Crippen LogP) is 2.83. The van der Waals surface area contributed by atoms with Gasteiger partial charge in [-0.05, 0) is 43.7 Å². The Labute approximate surface area is 103 Å². The van der Waals surface area contributed by atoms with E-state index in [-0.39, 0.29) is 0 Å². The molecule has 0 unspecified atom stereocenters. The van der Waals surface area contributed by atoms with Crippen LogP contribution in [0.3, 0.4) is 0 Å². The fourth-order valence-electron chi connectivity index (χ4n) is 2.15. The van der Waals surface area contributed by atoms with E-state index in [4.69, 9.17) is 0 Å². The number of nitrogens with zero attached hydrogens (tertiary/aromatic N) is 2. The second kappa shape index (κ2) is 5.30. The molecule has 1 aromatic rings. The maximum Gasteiger partial charge on any atom is 0.151 e. The summed E-state index contributed by atoms with van der Waals surface area (Å²) in [5, 5.41) is 0. The molecule has 0 spiro atoms. The molecule has 1 fully saturated rings. The first kappa shape index (κ1) is 12.1. The van der Waals surface area contributed by atoms with Gasteiger partial charge in [-0.3, -0.25) is 4.79 Å². The third-order valence-corrected chi connectivity index (χ3v) is 3.18. The van der Waals surface area contributed by atoms with Crippen molar-refractivity contribution in [3.8, 4) is 0 Å². The van der Waals surface area contributed by atoms with Gasteiger partial charge in [0.2, 0.25) is 0 Å². The minimum atomic E-state index is 0.661. The number of aryl methyl sites for hydroxylation is 1. The Morgan fingerprint density at radius 3 is 2.82 bits per heavy atom. The molecule has 0 amide bonds. The molecule has 3 nitrogen and oxygen atoms in total. The highest BCUT2D eigenvalue weighted by Gasteiger charge is 2.25. The summed E-state index contributed by atoms with van der Waals surface area (Å²) in [4.78, 5) is 17.5. The number of pyridine rings is 1. The zero-order valence-electron chi connectivity index (χ0n) is 10.6. The molecule has 0 atom stereocenters. The summed E-state index contributed by atoms with van der Waals surface area (Å²) in [7, 11) is 0. The number of carbonyl (C=O) groups excluding carboxylic acids is 1. The highest BCUT2D eigenvalue weighted by molar-refractivity contribution is 5.75. The van der Waals surface area contributed by atoms with Crippen LogP contribution >= 0.6 is 0 Å². The molecule has 0 aromatic carbocycles. The third kappa shape index (κ3) is 3.05. The number of carbonyl (C=O) groups is 1. The third-order valence-electron chi connectivity index (χ3n) is 3.18. The van der Waals surface area contributed by atoms with Gasteiger partial charge in [0, 0.05) is 24.8 Å². The molecule has 3 heteroatoms. The van der Waals surface area contributed by atoms with E-state index in [1.165, 1.54) is 12.8 Å². The molecule has 1 aliphatic carbocycles. The van der Waals surface area contributed by atoms with Crippen LogP contribution in [0.1, 0.15) is 42.1 Å². The number of aromatic nitrogens is 1. The van der Waals surface area contributed by atoms with E-state index in [0.29, 0.717) is 5.56 Å². The number of anilines is 1. The standard InChI is InChI=1S/C14H20N2O/c1-3-6-16(9-12-4-5-12)14-11(2)7-13(10-17)8-15-14/h7-8,10,12H,3-6,9H2,1-2H3. The van der Waals surface area contributed by atoms with Crippen LogP contribution in [0.15, 0.2) is 12.3 Å². The molecule has 1 aromatic heterocycles. The normalized spacial score (nSPS) is 14.7. The minimum absolute atomic E-state index is 0.661. The van der Waals surface area contributed by atoms with E-state index in [1.54, 1.807) is 6.20 Å². The summed E-state index contributed by atoms with van der Waals surface area (Å²) >= 11 is 0. The molecule has 92 valence electrons. The van der Waals surface area contributed by atoms with Crippen molar-refractivity contribution in [1.82, 2.24) is 4.98 Å². The summed E-state index contributed by atoms with van der Waals surface area (Å²) < 4.78 is 0. The van der Waals surface area contributed by atoms with Crippen molar-refractivity contribution in [3.05, 3.63) is 23.4 Å². The van der Waals surface area contributed by atoms with Gasteiger partial charge in [-0.1, -0.05) is 6.92 Å². The topological polar surface area (TPSA) is 33.2 Å². The Bertz CT molecular complexity index is 399. The Morgan fingerprint density at radius 2 is 2.29 bits per heavy atom. The summed E-state index contributed by atoms with van der Waals surface area (Å²) in [6, 6.07) is 1.92. The first-order valence-electron chi connectivity index (χ1n) is 6.41. The number of rotatable bonds is 6. The van der Waals surface area contributed by atoms with Crippen LogP contribution in [-0.2, 0) is 0 Å². The summed E-state index contributed by atoms with van der Waals surface area (Å²) in [5.74, 6) is 1.90. The van der Waals surface area contributed by atoms with Crippen LogP contribution in [0.5, 0.6) is 0 Å².